The Morgan fingerprint density at radius 1 is 1.05 bits per heavy atom. The Kier molecular flexibility index (Phi) is 3.31. The fourth-order valence-corrected chi connectivity index (χ4v) is 2.55. The van der Waals surface area contributed by atoms with Crippen molar-refractivity contribution in [3.8, 4) is 0 Å². The molecule has 1 saturated heterocycles. The number of aromatic nitrogens is 2. The van der Waals surface area contributed by atoms with E-state index in [4.69, 9.17) is 5.73 Å². The molecule has 0 aliphatic carbocycles. The Labute approximate surface area is 113 Å². The van der Waals surface area contributed by atoms with Gasteiger partial charge in [-0.3, -0.25) is 0 Å². The van der Waals surface area contributed by atoms with Crippen molar-refractivity contribution in [2.24, 2.45) is 5.73 Å². The van der Waals surface area contributed by atoms with E-state index in [1.165, 1.54) is 0 Å². The Balaban J connectivity index is 2.04. The Morgan fingerprint density at radius 3 is 2.42 bits per heavy atom. The van der Waals surface area contributed by atoms with Gasteiger partial charge in [0.05, 0.1) is 5.69 Å². The SMILES string of the molecule is CN1CCN(c2nnc(CN)c3ccccc23)CC1. The fourth-order valence-electron chi connectivity index (χ4n) is 2.55. The highest BCUT2D eigenvalue weighted by atomic mass is 15.3. The maximum atomic E-state index is 5.74. The minimum absolute atomic E-state index is 0.427. The molecule has 19 heavy (non-hydrogen) atoms. The molecular formula is C14H19N5. The summed E-state index contributed by atoms with van der Waals surface area (Å²) >= 11 is 0. The van der Waals surface area contributed by atoms with Crippen molar-refractivity contribution in [3.05, 3.63) is 30.0 Å². The fraction of sp³-hybridized carbons (Fsp3) is 0.429. The van der Waals surface area contributed by atoms with Crippen molar-refractivity contribution < 1.29 is 0 Å². The van der Waals surface area contributed by atoms with E-state index in [1.54, 1.807) is 0 Å². The van der Waals surface area contributed by atoms with Crippen LogP contribution in [0.2, 0.25) is 0 Å². The molecule has 0 atom stereocenters. The summed E-state index contributed by atoms with van der Waals surface area (Å²) in [5, 5.41) is 11.0. The minimum atomic E-state index is 0.427. The van der Waals surface area contributed by atoms with Crippen molar-refractivity contribution >= 4 is 16.6 Å². The number of likely N-dealkylation sites (N-methyl/N-ethyl adjacent to an activating group) is 1. The number of fused-ring (bicyclic) bond motifs is 1. The summed E-state index contributed by atoms with van der Waals surface area (Å²) < 4.78 is 0. The van der Waals surface area contributed by atoms with Gasteiger partial charge in [-0.25, -0.2) is 0 Å². The van der Waals surface area contributed by atoms with Gasteiger partial charge in [-0.15, -0.1) is 5.10 Å². The topological polar surface area (TPSA) is 58.3 Å². The zero-order valence-corrected chi connectivity index (χ0v) is 11.2. The first-order chi connectivity index (χ1) is 9.29. The molecule has 0 saturated carbocycles. The second-order valence-corrected chi connectivity index (χ2v) is 5.01. The molecule has 1 fully saturated rings. The normalized spacial score (nSPS) is 17.1. The maximum Gasteiger partial charge on any atom is 0.159 e. The highest BCUT2D eigenvalue weighted by Gasteiger charge is 2.18. The van der Waals surface area contributed by atoms with Gasteiger partial charge < -0.3 is 15.5 Å². The zero-order chi connectivity index (χ0) is 13.2. The van der Waals surface area contributed by atoms with Gasteiger partial charge in [0.25, 0.3) is 0 Å². The third-order valence-electron chi connectivity index (χ3n) is 3.74. The summed E-state index contributed by atoms with van der Waals surface area (Å²) in [4.78, 5) is 4.65. The van der Waals surface area contributed by atoms with E-state index in [2.05, 4.69) is 39.2 Å². The summed E-state index contributed by atoms with van der Waals surface area (Å²) in [6.45, 7) is 4.55. The highest BCUT2D eigenvalue weighted by molar-refractivity contribution is 5.93. The lowest BCUT2D eigenvalue weighted by Crippen LogP contribution is -2.45. The monoisotopic (exact) mass is 257 g/mol. The van der Waals surface area contributed by atoms with Gasteiger partial charge in [-0.05, 0) is 7.05 Å². The van der Waals surface area contributed by atoms with Gasteiger partial charge in [0, 0.05) is 43.5 Å². The zero-order valence-electron chi connectivity index (χ0n) is 11.2. The van der Waals surface area contributed by atoms with E-state index in [1.807, 2.05) is 12.1 Å². The lowest BCUT2D eigenvalue weighted by Gasteiger charge is -2.33. The van der Waals surface area contributed by atoms with Crippen LogP contribution in [-0.4, -0.2) is 48.3 Å². The number of hydrogen-bond donors (Lipinski definition) is 1. The molecule has 100 valence electrons. The highest BCUT2D eigenvalue weighted by Crippen LogP contribution is 2.26. The van der Waals surface area contributed by atoms with Crippen LogP contribution in [0.5, 0.6) is 0 Å². The molecule has 1 aromatic heterocycles. The van der Waals surface area contributed by atoms with E-state index in [0.29, 0.717) is 6.54 Å². The molecule has 0 radical (unpaired) electrons. The van der Waals surface area contributed by atoms with Gasteiger partial charge in [-0.1, -0.05) is 24.3 Å². The Morgan fingerprint density at radius 2 is 1.74 bits per heavy atom. The number of anilines is 1. The second-order valence-electron chi connectivity index (χ2n) is 5.01. The predicted molar refractivity (Wildman–Crippen MR) is 77.1 cm³/mol. The van der Waals surface area contributed by atoms with Crippen LogP contribution in [0.4, 0.5) is 5.82 Å². The number of hydrogen-bond acceptors (Lipinski definition) is 5. The van der Waals surface area contributed by atoms with E-state index in [0.717, 1.165) is 48.5 Å². The van der Waals surface area contributed by atoms with Crippen molar-refractivity contribution in [1.29, 1.82) is 0 Å². The molecule has 5 nitrogen and oxygen atoms in total. The van der Waals surface area contributed by atoms with Crippen LogP contribution in [0.1, 0.15) is 5.69 Å². The summed E-state index contributed by atoms with van der Waals surface area (Å²) in [5.74, 6) is 0.987. The van der Waals surface area contributed by atoms with E-state index in [9.17, 15) is 0 Å². The molecular weight excluding hydrogens is 238 g/mol. The first kappa shape index (κ1) is 12.3. The molecule has 0 unspecified atom stereocenters. The first-order valence-corrected chi connectivity index (χ1v) is 6.67. The standard InChI is InChI=1S/C14H19N5/c1-18-6-8-19(9-7-18)14-12-5-3-2-4-11(12)13(10-15)16-17-14/h2-5H,6-10,15H2,1H3. The maximum absolute atomic E-state index is 5.74. The number of benzene rings is 1. The van der Waals surface area contributed by atoms with Crippen LogP contribution in [-0.2, 0) is 6.54 Å². The third kappa shape index (κ3) is 2.27. The van der Waals surface area contributed by atoms with Crippen LogP contribution in [0.3, 0.4) is 0 Å². The molecule has 0 spiro atoms. The Bertz CT molecular complexity index is 575. The molecule has 2 N–H and O–H groups in total. The second kappa shape index (κ2) is 5.11. The molecule has 0 bridgehead atoms. The van der Waals surface area contributed by atoms with Gasteiger partial charge in [0.15, 0.2) is 5.82 Å². The van der Waals surface area contributed by atoms with Crippen molar-refractivity contribution in [2.75, 3.05) is 38.1 Å². The number of rotatable bonds is 2. The molecule has 0 amide bonds. The minimum Gasteiger partial charge on any atom is -0.352 e. The predicted octanol–water partition coefficient (Wildman–Crippen LogP) is 0.840. The molecule has 3 rings (SSSR count). The molecule has 1 aliphatic heterocycles. The summed E-state index contributed by atoms with van der Waals surface area (Å²) in [7, 11) is 2.15. The van der Waals surface area contributed by atoms with Crippen molar-refractivity contribution in [1.82, 2.24) is 15.1 Å². The number of piperazine rings is 1. The lowest BCUT2D eigenvalue weighted by molar-refractivity contribution is 0.312. The molecule has 2 aromatic rings. The third-order valence-corrected chi connectivity index (χ3v) is 3.74. The number of nitrogens with zero attached hydrogens (tertiary/aromatic N) is 4. The summed E-state index contributed by atoms with van der Waals surface area (Å²) in [5.41, 5.74) is 6.61. The van der Waals surface area contributed by atoms with E-state index < -0.39 is 0 Å². The average Bonchev–Trinajstić information content (AvgIpc) is 2.47. The molecule has 1 aromatic carbocycles. The van der Waals surface area contributed by atoms with Crippen LogP contribution in [0, 0.1) is 0 Å². The molecule has 2 heterocycles. The number of nitrogens with two attached hydrogens (primary N) is 1. The van der Waals surface area contributed by atoms with Crippen LogP contribution in [0.15, 0.2) is 24.3 Å². The van der Waals surface area contributed by atoms with Gasteiger partial charge in [0.1, 0.15) is 0 Å². The van der Waals surface area contributed by atoms with Crippen molar-refractivity contribution in [3.63, 3.8) is 0 Å². The first-order valence-electron chi connectivity index (χ1n) is 6.67. The van der Waals surface area contributed by atoms with Crippen LogP contribution in [0.25, 0.3) is 10.8 Å². The summed E-state index contributed by atoms with van der Waals surface area (Å²) in [6, 6.07) is 8.25. The molecule has 5 heteroatoms. The largest absolute Gasteiger partial charge is 0.352 e. The summed E-state index contributed by atoms with van der Waals surface area (Å²) in [6.07, 6.45) is 0. The Hall–Kier alpha value is -1.72. The van der Waals surface area contributed by atoms with E-state index >= 15 is 0 Å². The average molecular weight is 257 g/mol. The van der Waals surface area contributed by atoms with Gasteiger partial charge in [-0.2, -0.15) is 5.10 Å². The van der Waals surface area contributed by atoms with Crippen molar-refractivity contribution in [2.45, 2.75) is 6.54 Å². The quantitative estimate of drug-likeness (QED) is 0.864. The van der Waals surface area contributed by atoms with Gasteiger partial charge >= 0.3 is 0 Å². The van der Waals surface area contributed by atoms with Crippen LogP contribution < -0.4 is 10.6 Å². The lowest BCUT2D eigenvalue weighted by atomic mass is 10.1. The smallest absolute Gasteiger partial charge is 0.159 e. The van der Waals surface area contributed by atoms with Crippen LogP contribution >= 0.6 is 0 Å². The molecule has 1 aliphatic rings. The van der Waals surface area contributed by atoms with E-state index in [-0.39, 0.29) is 0 Å². The van der Waals surface area contributed by atoms with Gasteiger partial charge in [0.2, 0.25) is 0 Å².